The molecule has 0 aliphatic carbocycles. The van der Waals surface area contributed by atoms with Crippen molar-refractivity contribution >= 4 is 18.8 Å². The normalized spacial score (nSPS) is 12.5. The summed E-state index contributed by atoms with van der Waals surface area (Å²) in [5.41, 5.74) is 1.02. The first kappa shape index (κ1) is 21.3. The third kappa shape index (κ3) is 6.62. The summed E-state index contributed by atoms with van der Waals surface area (Å²) in [6.45, 7) is 9.49. The van der Waals surface area contributed by atoms with Crippen LogP contribution in [0.15, 0.2) is 29.2 Å². The lowest BCUT2D eigenvalue weighted by molar-refractivity contribution is 0.0709. The van der Waals surface area contributed by atoms with E-state index in [1.54, 1.807) is 24.3 Å². The zero-order valence-corrected chi connectivity index (χ0v) is 16.8. The van der Waals surface area contributed by atoms with Gasteiger partial charge in [0.1, 0.15) is 0 Å². The predicted molar refractivity (Wildman–Crippen MR) is 96.4 cm³/mol. The smallest absolute Gasteiger partial charge is 0.374 e. The standard InChI is InChI=1S/C16H29NO5SSi/c1-5-20-24(21-6-2,22-7-3)14-8-13-17-23(18,19)16-11-9-15(4)10-12-16/h9-12,17H,5-8,13-14H2,1-4H3. The van der Waals surface area contributed by atoms with Crippen molar-refractivity contribution in [2.45, 2.75) is 45.1 Å². The van der Waals surface area contributed by atoms with Crippen molar-refractivity contribution in [3.8, 4) is 0 Å². The van der Waals surface area contributed by atoms with Crippen LogP contribution in [0.2, 0.25) is 6.04 Å². The van der Waals surface area contributed by atoms with Gasteiger partial charge in [0, 0.05) is 32.4 Å². The first-order chi connectivity index (χ1) is 11.4. The van der Waals surface area contributed by atoms with Gasteiger partial charge in [-0.1, -0.05) is 17.7 Å². The Morgan fingerprint density at radius 2 is 1.46 bits per heavy atom. The lowest BCUT2D eigenvalue weighted by Gasteiger charge is -2.28. The van der Waals surface area contributed by atoms with E-state index in [-0.39, 0.29) is 4.90 Å². The van der Waals surface area contributed by atoms with E-state index in [0.29, 0.717) is 38.8 Å². The van der Waals surface area contributed by atoms with Gasteiger partial charge in [0.2, 0.25) is 10.0 Å². The summed E-state index contributed by atoms with van der Waals surface area (Å²) >= 11 is 0. The average Bonchev–Trinajstić information content (AvgIpc) is 2.53. The number of nitrogens with one attached hydrogen (secondary N) is 1. The highest BCUT2D eigenvalue weighted by Gasteiger charge is 2.39. The van der Waals surface area contributed by atoms with E-state index in [9.17, 15) is 8.42 Å². The maximum Gasteiger partial charge on any atom is 0.500 e. The van der Waals surface area contributed by atoms with E-state index in [1.165, 1.54) is 0 Å². The number of hydrogen-bond acceptors (Lipinski definition) is 5. The Bertz CT molecular complexity index is 560. The molecule has 1 N–H and O–H groups in total. The van der Waals surface area contributed by atoms with Crippen LogP contribution >= 0.6 is 0 Å². The molecule has 0 fully saturated rings. The van der Waals surface area contributed by atoms with Crippen molar-refractivity contribution in [2.75, 3.05) is 26.4 Å². The van der Waals surface area contributed by atoms with Gasteiger partial charge in [-0.05, 0) is 46.2 Å². The van der Waals surface area contributed by atoms with E-state index in [4.69, 9.17) is 13.3 Å². The molecule has 0 unspecified atom stereocenters. The average molecular weight is 376 g/mol. The van der Waals surface area contributed by atoms with E-state index < -0.39 is 18.8 Å². The lowest BCUT2D eigenvalue weighted by atomic mass is 10.2. The number of rotatable bonds is 12. The molecule has 8 heteroatoms. The molecule has 0 aromatic heterocycles. The van der Waals surface area contributed by atoms with E-state index in [2.05, 4.69) is 4.72 Å². The monoisotopic (exact) mass is 375 g/mol. The van der Waals surface area contributed by atoms with Gasteiger partial charge in [0.25, 0.3) is 0 Å². The molecule has 0 atom stereocenters. The molecular weight excluding hydrogens is 346 g/mol. The Morgan fingerprint density at radius 1 is 0.958 bits per heavy atom. The summed E-state index contributed by atoms with van der Waals surface area (Å²) in [6.07, 6.45) is 0.595. The van der Waals surface area contributed by atoms with Gasteiger partial charge in [0.15, 0.2) is 0 Å². The second kappa shape index (κ2) is 10.3. The largest absolute Gasteiger partial charge is 0.500 e. The molecule has 0 radical (unpaired) electrons. The fourth-order valence-corrected chi connectivity index (χ4v) is 6.00. The zero-order chi connectivity index (χ0) is 18.1. The van der Waals surface area contributed by atoms with Crippen molar-refractivity contribution in [1.82, 2.24) is 4.72 Å². The minimum absolute atomic E-state index is 0.274. The Kier molecular flexibility index (Phi) is 9.10. The summed E-state index contributed by atoms with van der Waals surface area (Å²) in [5.74, 6) is 0. The quantitative estimate of drug-likeness (QED) is 0.449. The SMILES string of the molecule is CCO[Si](CCCNS(=O)(=O)c1ccc(C)cc1)(OCC)OCC. The maximum atomic E-state index is 12.3. The van der Waals surface area contributed by atoms with Crippen molar-refractivity contribution in [3.63, 3.8) is 0 Å². The molecule has 0 aliphatic heterocycles. The third-order valence-electron chi connectivity index (χ3n) is 3.38. The highest BCUT2D eigenvalue weighted by Crippen LogP contribution is 2.18. The molecule has 0 spiro atoms. The molecule has 0 bridgehead atoms. The lowest BCUT2D eigenvalue weighted by Crippen LogP contribution is -2.46. The second-order valence-electron chi connectivity index (χ2n) is 5.30. The van der Waals surface area contributed by atoms with Crippen LogP contribution in [0, 0.1) is 6.92 Å². The summed E-state index contributed by atoms with van der Waals surface area (Å²) in [5, 5.41) is 0. The van der Waals surface area contributed by atoms with E-state index in [1.807, 2.05) is 27.7 Å². The Balaban J connectivity index is 2.59. The molecule has 0 aliphatic rings. The van der Waals surface area contributed by atoms with Gasteiger partial charge in [-0.2, -0.15) is 0 Å². The van der Waals surface area contributed by atoms with Crippen molar-refractivity contribution in [3.05, 3.63) is 29.8 Å². The number of benzene rings is 1. The molecule has 0 amide bonds. The second-order valence-corrected chi connectivity index (χ2v) is 9.80. The molecule has 0 saturated heterocycles. The first-order valence-electron chi connectivity index (χ1n) is 8.37. The highest BCUT2D eigenvalue weighted by molar-refractivity contribution is 7.89. The van der Waals surface area contributed by atoms with Crippen LogP contribution in [-0.4, -0.2) is 43.6 Å². The minimum atomic E-state index is -3.49. The molecule has 1 aromatic carbocycles. The summed E-state index contributed by atoms with van der Waals surface area (Å²) in [7, 11) is -6.20. The summed E-state index contributed by atoms with van der Waals surface area (Å²) in [6, 6.07) is 7.37. The van der Waals surface area contributed by atoms with Gasteiger partial charge >= 0.3 is 8.80 Å². The van der Waals surface area contributed by atoms with Crippen LogP contribution in [0.3, 0.4) is 0 Å². The fourth-order valence-electron chi connectivity index (χ4n) is 2.31. The van der Waals surface area contributed by atoms with E-state index >= 15 is 0 Å². The van der Waals surface area contributed by atoms with Gasteiger partial charge in [-0.15, -0.1) is 0 Å². The minimum Gasteiger partial charge on any atom is -0.374 e. The van der Waals surface area contributed by atoms with Gasteiger partial charge in [0.05, 0.1) is 4.90 Å². The maximum absolute atomic E-state index is 12.3. The predicted octanol–water partition coefficient (Wildman–Crippen LogP) is 2.71. The molecule has 0 saturated carbocycles. The molecule has 6 nitrogen and oxygen atoms in total. The topological polar surface area (TPSA) is 73.9 Å². The highest BCUT2D eigenvalue weighted by atomic mass is 32.2. The molecule has 138 valence electrons. The zero-order valence-electron chi connectivity index (χ0n) is 15.0. The van der Waals surface area contributed by atoms with Crippen LogP contribution < -0.4 is 4.72 Å². The van der Waals surface area contributed by atoms with Crippen LogP contribution in [0.4, 0.5) is 0 Å². The van der Waals surface area contributed by atoms with Gasteiger partial charge in [-0.25, -0.2) is 13.1 Å². The molecule has 0 heterocycles. The third-order valence-corrected chi connectivity index (χ3v) is 8.00. The Morgan fingerprint density at radius 3 is 1.92 bits per heavy atom. The first-order valence-corrected chi connectivity index (χ1v) is 11.8. The van der Waals surface area contributed by atoms with Crippen LogP contribution in [0.1, 0.15) is 32.8 Å². The fraction of sp³-hybridized carbons (Fsp3) is 0.625. The molecule has 1 aromatic rings. The molecule has 24 heavy (non-hydrogen) atoms. The van der Waals surface area contributed by atoms with Crippen LogP contribution in [0.5, 0.6) is 0 Å². The van der Waals surface area contributed by atoms with E-state index in [0.717, 1.165) is 5.56 Å². The number of sulfonamides is 1. The number of aryl methyl sites for hydroxylation is 1. The summed E-state index contributed by atoms with van der Waals surface area (Å²) in [4.78, 5) is 0.274. The van der Waals surface area contributed by atoms with Crippen molar-refractivity contribution < 1.29 is 21.7 Å². The summed E-state index contributed by atoms with van der Waals surface area (Å²) < 4.78 is 44.4. The van der Waals surface area contributed by atoms with Crippen LogP contribution in [0.25, 0.3) is 0 Å². The Hall–Kier alpha value is -0.773. The Labute approximate surface area is 146 Å². The van der Waals surface area contributed by atoms with Gasteiger partial charge < -0.3 is 13.3 Å². The van der Waals surface area contributed by atoms with Crippen LogP contribution in [-0.2, 0) is 23.3 Å². The molecule has 1 rings (SSSR count). The molecular formula is C16H29NO5SSi. The van der Waals surface area contributed by atoms with Crippen molar-refractivity contribution in [2.24, 2.45) is 0 Å². The van der Waals surface area contributed by atoms with Gasteiger partial charge in [-0.3, -0.25) is 0 Å². The van der Waals surface area contributed by atoms with Crippen molar-refractivity contribution in [1.29, 1.82) is 0 Å². The number of hydrogen-bond donors (Lipinski definition) is 1.